The van der Waals surface area contributed by atoms with Crippen molar-refractivity contribution in [1.82, 2.24) is 0 Å². The van der Waals surface area contributed by atoms with Crippen LogP contribution in [-0.2, 0) is 0 Å². The van der Waals surface area contributed by atoms with Crippen molar-refractivity contribution in [2.45, 2.75) is 6.92 Å². The minimum Gasteiger partial charge on any atom is -0.381 e. The molecule has 1 rings (SSSR count). The first kappa shape index (κ1) is 9.00. The average Bonchev–Trinajstić information content (AvgIpc) is 2.03. The van der Waals surface area contributed by atoms with E-state index in [1.807, 2.05) is 13.0 Å². The van der Waals surface area contributed by atoms with Gasteiger partial charge < -0.3 is 11.1 Å². The van der Waals surface area contributed by atoms with Crippen molar-refractivity contribution in [2.24, 2.45) is 5.73 Å². The predicted molar refractivity (Wildman–Crippen MR) is 48.7 cm³/mol. The number of benzene rings is 1. The van der Waals surface area contributed by atoms with Gasteiger partial charge in [-0.3, -0.25) is 0 Å². The Kier molecular flexibility index (Phi) is 3.05. The Balaban J connectivity index is 2.72. The van der Waals surface area contributed by atoms with Gasteiger partial charge in [0.2, 0.25) is 0 Å². The van der Waals surface area contributed by atoms with E-state index in [2.05, 4.69) is 5.32 Å². The van der Waals surface area contributed by atoms with Crippen LogP contribution in [0.25, 0.3) is 0 Å². The third kappa shape index (κ3) is 2.20. The van der Waals surface area contributed by atoms with Crippen LogP contribution in [0.2, 0.25) is 0 Å². The summed E-state index contributed by atoms with van der Waals surface area (Å²) in [6, 6.07) is 5.08. The van der Waals surface area contributed by atoms with Crippen LogP contribution in [0.4, 0.5) is 10.1 Å². The number of hydrogen-bond donors (Lipinski definition) is 2. The van der Waals surface area contributed by atoms with Crippen molar-refractivity contribution in [1.29, 1.82) is 0 Å². The van der Waals surface area contributed by atoms with E-state index in [9.17, 15) is 4.39 Å². The zero-order valence-electron chi connectivity index (χ0n) is 7.10. The van der Waals surface area contributed by atoms with E-state index >= 15 is 0 Å². The van der Waals surface area contributed by atoms with Crippen LogP contribution in [0.5, 0.6) is 0 Å². The first-order chi connectivity index (χ1) is 5.74. The summed E-state index contributed by atoms with van der Waals surface area (Å²) < 4.78 is 13.1. The lowest BCUT2D eigenvalue weighted by molar-refractivity contribution is 0.629. The fourth-order valence-corrected chi connectivity index (χ4v) is 0.970. The number of aryl methyl sites for hydroxylation is 1. The molecular formula is C9H13FN2. The van der Waals surface area contributed by atoms with Gasteiger partial charge in [-0.2, -0.15) is 0 Å². The van der Waals surface area contributed by atoms with Crippen molar-refractivity contribution < 1.29 is 4.39 Å². The molecule has 12 heavy (non-hydrogen) atoms. The first-order valence-electron chi connectivity index (χ1n) is 3.94. The second-order valence-electron chi connectivity index (χ2n) is 2.70. The summed E-state index contributed by atoms with van der Waals surface area (Å²) in [5, 5.41) is 2.89. The second kappa shape index (κ2) is 4.07. The van der Waals surface area contributed by atoms with Crippen molar-refractivity contribution in [3.8, 4) is 0 Å². The molecule has 0 fully saturated rings. The number of hydrogen-bond acceptors (Lipinski definition) is 2. The molecule has 0 saturated carbocycles. The van der Waals surface area contributed by atoms with Gasteiger partial charge in [0.15, 0.2) is 0 Å². The fraction of sp³-hybridized carbons (Fsp3) is 0.333. The summed E-state index contributed by atoms with van der Waals surface area (Å²) in [4.78, 5) is 0. The Bertz CT molecular complexity index is 261. The molecule has 66 valence electrons. The number of anilines is 1. The van der Waals surface area contributed by atoms with Crippen molar-refractivity contribution in [3.63, 3.8) is 0 Å². The lowest BCUT2D eigenvalue weighted by Gasteiger charge is -2.05. The molecule has 0 radical (unpaired) electrons. The van der Waals surface area contributed by atoms with Gasteiger partial charge in [0.1, 0.15) is 5.82 Å². The average molecular weight is 168 g/mol. The van der Waals surface area contributed by atoms with Crippen molar-refractivity contribution >= 4 is 5.69 Å². The largest absolute Gasteiger partial charge is 0.381 e. The third-order valence-corrected chi connectivity index (χ3v) is 1.58. The van der Waals surface area contributed by atoms with E-state index in [1.165, 1.54) is 6.07 Å². The molecule has 1 aromatic carbocycles. The Morgan fingerprint density at radius 1 is 1.50 bits per heavy atom. The van der Waals surface area contributed by atoms with Crippen LogP contribution in [0, 0.1) is 12.7 Å². The van der Waals surface area contributed by atoms with E-state index in [0.29, 0.717) is 18.8 Å². The van der Waals surface area contributed by atoms with Gasteiger partial charge in [-0.15, -0.1) is 0 Å². The van der Waals surface area contributed by atoms with Gasteiger partial charge >= 0.3 is 0 Å². The van der Waals surface area contributed by atoms with Crippen LogP contribution in [0.1, 0.15) is 5.56 Å². The van der Waals surface area contributed by atoms with Crippen LogP contribution in [-0.4, -0.2) is 13.1 Å². The quantitative estimate of drug-likeness (QED) is 0.717. The molecule has 0 bridgehead atoms. The molecule has 3 N–H and O–H groups in total. The summed E-state index contributed by atoms with van der Waals surface area (Å²) in [7, 11) is 0. The molecule has 0 atom stereocenters. The van der Waals surface area contributed by atoms with Gasteiger partial charge in [0.25, 0.3) is 0 Å². The molecule has 1 aromatic rings. The highest BCUT2D eigenvalue weighted by atomic mass is 19.1. The Morgan fingerprint density at radius 3 is 2.83 bits per heavy atom. The fourth-order valence-electron chi connectivity index (χ4n) is 0.970. The van der Waals surface area contributed by atoms with E-state index in [1.54, 1.807) is 6.07 Å². The topological polar surface area (TPSA) is 38.0 Å². The summed E-state index contributed by atoms with van der Waals surface area (Å²) in [6.45, 7) is 2.96. The molecule has 0 aliphatic rings. The van der Waals surface area contributed by atoms with Gasteiger partial charge in [-0.1, -0.05) is 6.07 Å². The lowest BCUT2D eigenvalue weighted by Crippen LogP contribution is -2.13. The molecule has 0 saturated heterocycles. The predicted octanol–water partition coefficient (Wildman–Crippen LogP) is 1.50. The van der Waals surface area contributed by atoms with Crippen LogP contribution < -0.4 is 11.1 Å². The van der Waals surface area contributed by atoms with Crippen molar-refractivity contribution in [3.05, 3.63) is 29.6 Å². The zero-order valence-corrected chi connectivity index (χ0v) is 7.10. The monoisotopic (exact) mass is 168 g/mol. The maximum absolute atomic E-state index is 13.1. The molecule has 0 aromatic heterocycles. The maximum atomic E-state index is 13.1. The smallest absolute Gasteiger partial charge is 0.146 e. The second-order valence-corrected chi connectivity index (χ2v) is 2.70. The standard InChI is InChI=1S/C9H13FN2/c1-7-2-3-9(8(10)6-7)12-5-4-11/h2-3,6,12H,4-5,11H2,1H3. The number of rotatable bonds is 3. The molecule has 0 unspecified atom stereocenters. The van der Waals surface area contributed by atoms with Crippen LogP contribution in [0.3, 0.4) is 0 Å². The van der Waals surface area contributed by atoms with E-state index in [4.69, 9.17) is 5.73 Å². The Morgan fingerprint density at radius 2 is 2.25 bits per heavy atom. The molecule has 3 heteroatoms. The summed E-state index contributed by atoms with van der Waals surface area (Å²) >= 11 is 0. The van der Waals surface area contributed by atoms with Crippen LogP contribution in [0.15, 0.2) is 18.2 Å². The zero-order chi connectivity index (χ0) is 8.97. The molecule has 0 amide bonds. The number of halogens is 1. The van der Waals surface area contributed by atoms with Gasteiger partial charge in [0, 0.05) is 13.1 Å². The number of nitrogens with one attached hydrogen (secondary N) is 1. The summed E-state index contributed by atoms with van der Waals surface area (Å²) in [5.74, 6) is -0.219. The highest BCUT2D eigenvalue weighted by Gasteiger charge is 1.99. The molecular weight excluding hydrogens is 155 g/mol. The van der Waals surface area contributed by atoms with Gasteiger partial charge in [-0.05, 0) is 24.6 Å². The SMILES string of the molecule is Cc1ccc(NCCN)c(F)c1. The minimum atomic E-state index is -0.219. The normalized spacial score (nSPS) is 9.92. The summed E-state index contributed by atoms with van der Waals surface area (Å²) in [6.07, 6.45) is 0. The third-order valence-electron chi connectivity index (χ3n) is 1.58. The molecule has 0 spiro atoms. The maximum Gasteiger partial charge on any atom is 0.146 e. The number of nitrogens with two attached hydrogens (primary N) is 1. The van der Waals surface area contributed by atoms with Crippen molar-refractivity contribution in [2.75, 3.05) is 18.4 Å². The van der Waals surface area contributed by atoms with Gasteiger partial charge in [0.05, 0.1) is 5.69 Å². The summed E-state index contributed by atoms with van der Waals surface area (Å²) in [5.41, 5.74) is 6.71. The van der Waals surface area contributed by atoms with E-state index in [-0.39, 0.29) is 5.82 Å². The first-order valence-corrected chi connectivity index (χ1v) is 3.94. The highest BCUT2D eigenvalue weighted by molar-refractivity contribution is 5.46. The Labute approximate surface area is 71.6 Å². The molecule has 2 nitrogen and oxygen atoms in total. The molecule has 0 aliphatic carbocycles. The minimum absolute atomic E-state index is 0.219. The van der Waals surface area contributed by atoms with E-state index < -0.39 is 0 Å². The molecule has 0 heterocycles. The highest BCUT2D eigenvalue weighted by Crippen LogP contribution is 2.14. The Hall–Kier alpha value is -1.09. The molecule has 0 aliphatic heterocycles. The lowest BCUT2D eigenvalue weighted by atomic mass is 10.2. The van der Waals surface area contributed by atoms with E-state index in [0.717, 1.165) is 5.56 Å². The van der Waals surface area contributed by atoms with Crippen LogP contribution >= 0.6 is 0 Å². The van der Waals surface area contributed by atoms with Gasteiger partial charge in [-0.25, -0.2) is 4.39 Å².